The topological polar surface area (TPSA) is 72.7 Å². The minimum Gasteiger partial charge on any atom is -0.474 e. The van der Waals surface area contributed by atoms with Crippen LogP contribution in [0.1, 0.15) is 6.92 Å². The number of hydrogen-bond donors (Lipinski definition) is 0. The van der Waals surface area contributed by atoms with Crippen molar-refractivity contribution in [2.45, 2.75) is 13.0 Å². The molecular weight excluding hydrogens is 303 g/mol. The molecule has 2 aromatic rings. The first kappa shape index (κ1) is 16.4. The summed E-state index contributed by atoms with van der Waals surface area (Å²) in [5, 5.41) is 10.9. The van der Waals surface area contributed by atoms with Crippen LogP contribution in [0.25, 0.3) is 0 Å². The summed E-state index contributed by atoms with van der Waals surface area (Å²) in [6, 6.07) is 11.7. The highest BCUT2D eigenvalue weighted by atomic mass is 19.1. The van der Waals surface area contributed by atoms with Gasteiger partial charge in [-0.2, -0.15) is 0 Å². The van der Waals surface area contributed by atoms with Gasteiger partial charge < -0.3 is 9.64 Å². The van der Waals surface area contributed by atoms with Crippen molar-refractivity contribution in [1.82, 2.24) is 0 Å². The summed E-state index contributed by atoms with van der Waals surface area (Å²) in [6.45, 7) is 1.45. The Morgan fingerprint density at radius 2 is 1.91 bits per heavy atom. The fourth-order valence-corrected chi connectivity index (χ4v) is 2.03. The first-order valence-electron chi connectivity index (χ1n) is 6.83. The number of carbonyl (C=O) groups is 1. The summed E-state index contributed by atoms with van der Waals surface area (Å²) < 4.78 is 18.6. The molecule has 0 spiro atoms. The minimum atomic E-state index is -1.01. The Morgan fingerprint density at radius 3 is 2.52 bits per heavy atom. The van der Waals surface area contributed by atoms with Crippen LogP contribution in [0.5, 0.6) is 5.75 Å². The minimum absolute atomic E-state index is 0.280. The number of nitro groups is 1. The third kappa shape index (κ3) is 3.82. The summed E-state index contributed by atoms with van der Waals surface area (Å²) >= 11 is 0. The van der Waals surface area contributed by atoms with Gasteiger partial charge in [0, 0.05) is 24.9 Å². The SMILES string of the molecule is C[C@H](Oc1cc(F)ccc1[N+](=O)[O-])C(=O)N(C)c1ccccc1. The third-order valence-corrected chi connectivity index (χ3v) is 3.24. The molecule has 1 amide bonds. The van der Waals surface area contributed by atoms with Crippen LogP contribution in [0.4, 0.5) is 15.8 Å². The molecular formula is C16H15FN2O4. The summed E-state index contributed by atoms with van der Waals surface area (Å²) in [5.74, 6) is -1.37. The van der Waals surface area contributed by atoms with E-state index in [0.717, 1.165) is 18.2 Å². The van der Waals surface area contributed by atoms with E-state index >= 15 is 0 Å². The Bertz CT molecular complexity index is 721. The van der Waals surface area contributed by atoms with Crippen LogP contribution >= 0.6 is 0 Å². The number of rotatable bonds is 5. The Hall–Kier alpha value is -2.96. The lowest BCUT2D eigenvalue weighted by Gasteiger charge is -2.22. The quantitative estimate of drug-likeness (QED) is 0.627. The van der Waals surface area contributed by atoms with E-state index in [4.69, 9.17) is 4.74 Å². The molecule has 0 N–H and O–H groups in total. The average molecular weight is 318 g/mol. The molecule has 0 unspecified atom stereocenters. The maximum atomic E-state index is 13.3. The number of nitrogens with zero attached hydrogens (tertiary/aromatic N) is 2. The van der Waals surface area contributed by atoms with Crippen molar-refractivity contribution < 1.29 is 18.8 Å². The Balaban J connectivity index is 2.19. The highest BCUT2D eigenvalue weighted by Crippen LogP contribution is 2.28. The summed E-state index contributed by atoms with van der Waals surface area (Å²) in [6.07, 6.45) is -1.01. The monoisotopic (exact) mass is 318 g/mol. The largest absolute Gasteiger partial charge is 0.474 e. The standard InChI is InChI=1S/C16H15FN2O4/c1-11(16(20)18(2)13-6-4-3-5-7-13)23-15-10-12(17)8-9-14(15)19(21)22/h3-11H,1-2H3/t11-/m0/s1. The van der Waals surface area contributed by atoms with Crippen molar-refractivity contribution >= 4 is 17.3 Å². The number of benzene rings is 2. The zero-order valence-electron chi connectivity index (χ0n) is 12.6. The molecule has 0 saturated carbocycles. The lowest BCUT2D eigenvalue weighted by Crippen LogP contribution is -2.38. The molecule has 2 aromatic carbocycles. The molecule has 0 heterocycles. The molecule has 0 saturated heterocycles. The van der Waals surface area contributed by atoms with E-state index in [1.807, 2.05) is 6.07 Å². The Morgan fingerprint density at radius 1 is 1.26 bits per heavy atom. The van der Waals surface area contributed by atoms with E-state index in [9.17, 15) is 19.3 Å². The van der Waals surface area contributed by atoms with Gasteiger partial charge in [0.2, 0.25) is 5.75 Å². The van der Waals surface area contributed by atoms with Gasteiger partial charge >= 0.3 is 5.69 Å². The fraction of sp³-hybridized carbons (Fsp3) is 0.188. The second-order valence-corrected chi connectivity index (χ2v) is 4.86. The number of hydrogen-bond acceptors (Lipinski definition) is 4. The van der Waals surface area contributed by atoms with Crippen LogP contribution in [0, 0.1) is 15.9 Å². The van der Waals surface area contributed by atoms with Gasteiger partial charge in [-0.15, -0.1) is 0 Å². The number of ether oxygens (including phenoxy) is 1. The second kappa shape index (κ2) is 6.87. The van der Waals surface area contributed by atoms with Gasteiger partial charge in [0.25, 0.3) is 5.91 Å². The number of halogens is 1. The highest BCUT2D eigenvalue weighted by Gasteiger charge is 2.24. The lowest BCUT2D eigenvalue weighted by molar-refractivity contribution is -0.386. The molecule has 0 aromatic heterocycles. The summed E-state index contributed by atoms with van der Waals surface area (Å²) in [7, 11) is 1.57. The van der Waals surface area contributed by atoms with Crippen LogP contribution in [-0.4, -0.2) is 24.0 Å². The number of carbonyl (C=O) groups excluding carboxylic acids is 1. The maximum Gasteiger partial charge on any atom is 0.311 e. The molecule has 2 rings (SSSR count). The van der Waals surface area contributed by atoms with Crippen molar-refractivity contribution in [3.8, 4) is 5.75 Å². The second-order valence-electron chi connectivity index (χ2n) is 4.86. The zero-order chi connectivity index (χ0) is 17.0. The van der Waals surface area contributed by atoms with Crippen molar-refractivity contribution in [2.75, 3.05) is 11.9 Å². The van der Waals surface area contributed by atoms with Crippen LogP contribution in [0.3, 0.4) is 0 Å². The Kier molecular flexibility index (Phi) is 4.90. The predicted octanol–water partition coefficient (Wildman–Crippen LogP) is 3.16. The number of nitro benzene ring substituents is 1. The molecule has 0 aliphatic rings. The Labute approximate surface area is 132 Å². The normalized spacial score (nSPS) is 11.6. The lowest BCUT2D eigenvalue weighted by atomic mass is 10.2. The average Bonchev–Trinajstić information content (AvgIpc) is 2.54. The smallest absolute Gasteiger partial charge is 0.311 e. The first-order valence-corrected chi connectivity index (χ1v) is 6.83. The van der Waals surface area contributed by atoms with E-state index < -0.39 is 28.4 Å². The van der Waals surface area contributed by atoms with Gasteiger partial charge in [-0.1, -0.05) is 18.2 Å². The van der Waals surface area contributed by atoms with Crippen LogP contribution in [0.15, 0.2) is 48.5 Å². The van der Waals surface area contributed by atoms with Crippen molar-refractivity contribution in [2.24, 2.45) is 0 Å². The van der Waals surface area contributed by atoms with Crippen LogP contribution in [0.2, 0.25) is 0 Å². The zero-order valence-corrected chi connectivity index (χ0v) is 12.6. The van der Waals surface area contributed by atoms with Crippen LogP contribution in [-0.2, 0) is 4.79 Å². The molecule has 7 heteroatoms. The number of likely N-dealkylation sites (N-methyl/N-ethyl adjacent to an activating group) is 1. The number of para-hydroxylation sites is 1. The molecule has 1 atom stereocenters. The molecule has 0 fully saturated rings. The van der Waals surface area contributed by atoms with E-state index in [-0.39, 0.29) is 5.75 Å². The molecule has 0 bridgehead atoms. The van der Waals surface area contributed by atoms with E-state index in [1.165, 1.54) is 11.8 Å². The number of amides is 1. The van der Waals surface area contributed by atoms with E-state index in [1.54, 1.807) is 31.3 Å². The van der Waals surface area contributed by atoms with Gasteiger partial charge in [0.15, 0.2) is 6.10 Å². The van der Waals surface area contributed by atoms with Crippen molar-refractivity contribution in [1.29, 1.82) is 0 Å². The van der Waals surface area contributed by atoms with Gasteiger partial charge in [0.05, 0.1) is 4.92 Å². The molecule has 120 valence electrons. The van der Waals surface area contributed by atoms with E-state index in [0.29, 0.717) is 5.69 Å². The molecule has 0 aliphatic heterocycles. The van der Waals surface area contributed by atoms with Gasteiger partial charge in [-0.05, 0) is 25.1 Å². The van der Waals surface area contributed by atoms with E-state index in [2.05, 4.69) is 0 Å². The van der Waals surface area contributed by atoms with Crippen molar-refractivity contribution in [3.05, 3.63) is 64.5 Å². The molecule has 6 nitrogen and oxygen atoms in total. The van der Waals surface area contributed by atoms with Crippen LogP contribution < -0.4 is 9.64 Å². The third-order valence-electron chi connectivity index (χ3n) is 3.24. The summed E-state index contributed by atoms with van der Waals surface area (Å²) in [5.41, 5.74) is 0.259. The fourth-order valence-electron chi connectivity index (χ4n) is 2.03. The summed E-state index contributed by atoms with van der Waals surface area (Å²) in [4.78, 5) is 24.0. The maximum absolute atomic E-state index is 13.3. The van der Waals surface area contributed by atoms with Gasteiger partial charge in [-0.3, -0.25) is 14.9 Å². The molecule has 0 radical (unpaired) electrons. The molecule has 0 aliphatic carbocycles. The highest BCUT2D eigenvalue weighted by molar-refractivity contribution is 5.96. The van der Waals surface area contributed by atoms with Crippen molar-refractivity contribution in [3.63, 3.8) is 0 Å². The van der Waals surface area contributed by atoms with Gasteiger partial charge in [0.1, 0.15) is 5.82 Å². The van der Waals surface area contributed by atoms with Gasteiger partial charge in [-0.25, -0.2) is 4.39 Å². The first-order chi connectivity index (χ1) is 10.9. The molecule has 23 heavy (non-hydrogen) atoms. The number of anilines is 1. The predicted molar refractivity (Wildman–Crippen MR) is 83.0 cm³/mol.